The van der Waals surface area contributed by atoms with Crippen LogP contribution in [0.25, 0.3) is 0 Å². The Morgan fingerprint density at radius 3 is 2.78 bits per heavy atom. The van der Waals surface area contributed by atoms with Crippen LogP contribution in [0.1, 0.15) is 0 Å². The van der Waals surface area contributed by atoms with Crippen LogP contribution in [0.2, 0.25) is 0 Å². The van der Waals surface area contributed by atoms with Crippen molar-refractivity contribution in [2.75, 3.05) is 6.54 Å². The van der Waals surface area contributed by atoms with Gasteiger partial charge in [0.25, 0.3) is 5.91 Å². The van der Waals surface area contributed by atoms with Crippen LogP contribution in [0.15, 0.2) is 4.99 Å². The predicted octanol–water partition coefficient (Wildman–Crippen LogP) is -2.24. The third kappa shape index (κ3) is 0.857. The minimum Gasteiger partial charge on any atom is -0.366 e. The number of carbonyl (C=O) groups is 1. The number of nitrogens with zero attached hydrogens (tertiary/aromatic N) is 1. The molecule has 1 atom stereocenters. The van der Waals surface area contributed by atoms with E-state index >= 15 is 0 Å². The molecule has 1 aliphatic rings. The molecule has 0 saturated carbocycles. The van der Waals surface area contributed by atoms with Gasteiger partial charge in [-0.1, -0.05) is 0 Å². The summed E-state index contributed by atoms with van der Waals surface area (Å²) in [5, 5.41) is 2.54. The summed E-state index contributed by atoms with van der Waals surface area (Å²) in [6.07, 6.45) is 1.38. The number of nitrogens with one attached hydrogen (secondary N) is 1. The first-order valence-corrected chi connectivity index (χ1v) is 2.50. The lowest BCUT2D eigenvalue weighted by molar-refractivity contribution is -0.123. The van der Waals surface area contributed by atoms with Crippen LogP contribution in [-0.2, 0) is 4.79 Å². The number of nitrogens with two attached hydrogens (primary N) is 2. The lowest BCUT2D eigenvalue weighted by Crippen LogP contribution is -2.61. The van der Waals surface area contributed by atoms with Crippen LogP contribution in [0.3, 0.4) is 0 Å². The molecule has 0 spiro atoms. The number of primary amides is 1. The molecule has 0 aromatic heterocycles. The summed E-state index contributed by atoms with van der Waals surface area (Å²) in [5.41, 5.74) is 9.18. The molecular formula is C4H8N4O. The molecule has 0 aliphatic carbocycles. The lowest BCUT2D eigenvalue weighted by Gasteiger charge is -2.17. The fourth-order valence-electron chi connectivity index (χ4n) is 0.545. The van der Waals surface area contributed by atoms with Gasteiger partial charge in [0.2, 0.25) is 0 Å². The minimum absolute atomic E-state index is 0.225. The molecule has 1 rings (SSSR count). The van der Waals surface area contributed by atoms with Crippen molar-refractivity contribution < 1.29 is 4.79 Å². The molecule has 1 amide bonds. The molecule has 0 aromatic rings. The molecule has 0 bridgehead atoms. The minimum atomic E-state index is -1.14. The first-order chi connectivity index (χ1) is 4.15. The summed E-state index contributed by atoms with van der Waals surface area (Å²) >= 11 is 0. The largest absolute Gasteiger partial charge is 0.366 e. The van der Waals surface area contributed by atoms with Gasteiger partial charge in [-0.25, -0.2) is 0 Å². The van der Waals surface area contributed by atoms with Gasteiger partial charge in [0.05, 0.1) is 12.9 Å². The summed E-state index contributed by atoms with van der Waals surface area (Å²) in [7, 11) is 0. The van der Waals surface area contributed by atoms with E-state index in [1.54, 1.807) is 0 Å². The molecular weight excluding hydrogens is 120 g/mol. The van der Waals surface area contributed by atoms with E-state index in [2.05, 4.69) is 10.3 Å². The Kier molecular flexibility index (Phi) is 1.14. The summed E-state index contributed by atoms with van der Waals surface area (Å²) in [6.45, 7) is 0.225. The zero-order valence-corrected chi connectivity index (χ0v) is 4.79. The summed E-state index contributed by atoms with van der Waals surface area (Å²) in [6, 6.07) is 0. The van der Waals surface area contributed by atoms with Crippen molar-refractivity contribution in [2.45, 2.75) is 5.66 Å². The van der Waals surface area contributed by atoms with Crippen molar-refractivity contribution in [2.24, 2.45) is 16.5 Å². The zero-order valence-electron chi connectivity index (χ0n) is 4.79. The van der Waals surface area contributed by atoms with Crippen LogP contribution < -0.4 is 16.8 Å². The van der Waals surface area contributed by atoms with Crippen molar-refractivity contribution in [1.82, 2.24) is 5.32 Å². The van der Waals surface area contributed by atoms with E-state index in [0.717, 1.165) is 0 Å². The average molecular weight is 128 g/mol. The van der Waals surface area contributed by atoms with Crippen LogP contribution >= 0.6 is 0 Å². The smallest absolute Gasteiger partial charge is 0.260 e. The predicted molar refractivity (Wildman–Crippen MR) is 32.6 cm³/mol. The first-order valence-electron chi connectivity index (χ1n) is 2.50. The molecule has 50 valence electrons. The van der Waals surface area contributed by atoms with Gasteiger partial charge in [-0.2, -0.15) is 0 Å². The highest BCUT2D eigenvalue weighted by atomic mass is 16.2. The molecule has 5 N–H and O–H groups in total. The van der Waals surface area contributed by atoms with Gasteiger partial charge in [-0.15, -0.1) is 0 Å². The van der Waals surface area contributed by atoms with Crippen LogP contribution in [-0.4, -0.2) is 24.5 Å². The fourth-order valence-corrected chi connectivity index (χ4v) is 0.545. The Labute approximate surface area is 52.1 Å². The van der Waals surface area contributed by atoms with Gasteiger partial charge in [-0.3, -0.25) is 15.5 Å². The standard InChI is InChI=1S/C4H8N4O/c5-3(9)4(6)1-7-2-8-4/h2H,1,6H2,(H2,5,9)(H,7,8). The maximum absolute atomic E-state index is 10.5. The van der Waals surface area contributed by atoms with E-state index in [-0.39, 0.29) is 6.54 Å². The van der Waals surface area contributed by atoms with Crippen LogP contribution in [0.4, 0.5) is 0 Å². The topological polar surface area (TPSA) is 93.5 Å². The summed E-state index contributed by atoms with van der Waals surface area (Å²) < 4.78 is 0. The second-order valence-corrected chi connectivity index (χ2v) is 1.95. The second-order valence-electron chi connectivity index (χ2n) is 1.95. The van der Waals surface area contributed by atoms with Gasteiger partial charge in [0.15, 0.2) is 5.66 Å². The second kappa shape index (κ2) is 1.70. The van der Waals surface area contributed by atoms with Crippen LogP contribution in [0.5, 0.6) is 0 Å². The highest BCUT2D eigenvalue weighted by Gasteiger charge is 2.32. The Bertz CT molecular complexity index is 156. The number of hydrogen-bond donors (Lipinski definition) is 3. The van der Waals surface area contributed by atoms with Crippen molar-refractivity contribution in [3.8, 4) is 0 Å². The van der Waals surface area contributed by atoms with E-state index in [1.165, 1.54) is 6.34 Å². The molecule has 0 radical (unpaired) electrons. The molecule has 1 heterocycles. The van der Waals surface area contributed by atoms with E-state index in [1.807, 2.05) is 0 Å². The Balaban J connectivity index is 2.66. The molecule has 0 saturated heterocycles. The van der Waals surface area contributed by atoms with E-state index in [0.29, 0.717) is 0 Å². The fraction of sp³-hybridized carbons (Fsp3) is 0.500. The number of amides is 1. The maximum atomic E-state index is 10.5. The summed E-state index contributed by atoms with van der Waals surface area (Å²) in [5.74, 6) is -0.583. The SMILES string of the molecule is NC(=O)C1(N)CN=CN1. The van der Waals surface area contributed by atoms with Gasteiger partial charge < -0.3 is 11.1 Å². The third-order valence-electron chi connectivity index (χ3n) is 1.19. The monoisotopic (exact) mass is 128 g/mol. The normalized spacial score (nSPS) is 32.1. The summed E-state index contributed by atoms with van der Waals surface area (Å²) in [4.78, 5) is 14.2. The van der Waals surface area contributed by atoms with Gasteiger partial charge in [-0.05, 0) is 0 Å². The average Bonchev–Trinajstić information content (AvgIpc) is 2.16. The van der Waals surface area contributed by atoms with E-state index in [9.17, 15) is 4.79 Å². The Morgan fingerprint density at radius 2 is 2.56 bits per heavy atom. The maximum Gasteiger partial charge on any atom is 0.260 e. The Morgan fingerprint density at radius 1 is 1.89 bits per heavy atom. The third-order valence-corrected chi connectivity index (χ3v) is 1.19. The molecule has 1 aliphatic heterocycles. The van der Waals surface area contributed by atoms with Gasteiger partial charge in [0.1, 0.15) is 0 Å². The van der Waals surface area contributed by atoms with E-state index in [4.69, 9.17) is 11.5 Å². The molecule has 0 aromatic carbocycles. The number of carbonyl (C=O) groups excluding carboxylic acids is 1. The van der Waals surface area contributed by atoms with Gasteiger partial charge in [0, 0.05) is 0 Å². The molecule has 5 heteroatoms. The molecule has 5 nitrogen and oxygen atoms in total. The zero-order chi connectivity index (χ0) is 6.91. The number of hydrogen-bond acceptors (Lipinski definition) is 4. The van der Waals surface area contributed by atoms with Crippen molar-refractivity contribution in [3.63, 3.8) is 0 Å². The molecule has 0 fully saturated rings. The highest BCUT2D eigenvalue weighted by molar-refractivity contribution is 5.88. The van der Waals surface area contributed by atoms with Crippen LogP contribution in [0, 0.1) is 0 Å². The highest BCUT2D eigenvalue weighted by Crippen LogP contribution is 1.98. The lowest BCUT2D eigenvalue weighted by atomic mass is 10.2. The van der Waals surface area contributed by atoms with Crippen molar-refractivity contribution in [3.05, 3.63) is 0 Å². The molecule has 9 heavy (non-hydrogen) atoms. The quantitative estimate of drug-likeness (QED) is 0.372. The first kappa shape index (κ1) is 6.03. The van der Waals surface area contributed by atoms with Crippen molar-refractivity contribution in [1.29, 1.82) is 0 Å². The van der Waals surface area contributed by atoms with E-state index < -0.39 is 11.6 Å². The number of aliphatic imine (C=N–C) groups is 1. The van der Waals surface area contributed by atoms with Crippen molar-refractivity contribution >= 4 is 12.2 Å². The van der Waals surface area contributed by atoms with Gasteiger partial charge >= 0.3 is 0 Å². The Hall–Kier alpha value is -1.10. The molecule has 1 unspecified atom stereocenters. The number of rotatable bonds is 1.